The van der Waals surface area contributed by atoms with Gasteiger partial charge in [0.25, 0.3) is 0 Å². The van der Waals surface area contributed by atoms with Crippen LogP contribution in [-0.4, -0.2) is 51.1 Å². The van der Waals surface area contributed by atoms with Crippen molar-refractivity contribution in [2.24, 2.45) is 0 Å². The minimum absolute atomic E-state index is 0.632. The number of likely N-dealkylation sites (N-methyl/N-ethyl adjacent to an activating group) is 1. The van der Waals surface area contributed by atoms with Crippen molar-refractivity contribution in [3.8, 4) is 16.9 Å². The first kappa shape index (κ1) is 21.2. The number of hydrogen-bond donors (Lipinski definition) is 1. The number of nitrogens with zero attached hydrogens (tertiary/aromatic N) is 1. The summed E-state index contributed by atoms with van der Waals surface area (Å²) >= 11 is 4.30. The van der Waals surface area contributed by atoms with Crippen molar-refractivity contribution in [2.75, 3.05) is 46.2 Å². The van der Waals surface area contributed by atoms with Gasteiger partial charge < -0.3 is 14.2 Å². The molecule has 0 bridgehead atoms. The molecule has 0 N–H and O–H groups in total. The average molecular weight is 424 g/mol. The summed E-state index contributed by atoms with van der Waals surface area (Å²) < 4.78 is 17.8. The van der Waals surface area contributed by atoms with Gasteiger partial charge in [-0.3, -0.25) is 4.90 Å². The topological polar surface area (TPSA) is 30.9 Å². The Kier molecular flexibility index (Phi) is 6.64. The van der Waals surface area contributed by atoms with E-state index in [1.54, 1.807) is 7.11 Å². The summed E-state index contributed by atoms with van der Waals surface area (Å²) in [4.78, 5) is 2.26. The van der Waals surface area contributed by atoms with Crippen LogP contribution in [0.5, 0.6) is 5.75 Å². The molecule has 1 atom stereocenters. The Morgan fingerprint density at radius 2 is 1.73 bits per heavy atom. The van der Waals surface area contributed by atoms with E-state index in [4.69, 9.17) is 14.2 Å². The summed E-state index contributed by atoms with van der Waals surface area (Å²) in [5.41, 5.74) is 3.42. The number of thiol groups is 1. The predicted octanol–water partition coefficient (Wildman–Crippen LogP) is 4.97. The van der Waals surface area contributed by atoms with Gasteiger partial charge >= 0.3 is 0 Å². The van der Waals surface area contributed by atoms with E-state index < -0.39 is 5.79 Å². The lowest BCUT2D eigenvalue weighted by Gasteiger charge is -2.41. The molecule has 1 saturated heterocycles. The Morgan fingerprint density at radius 1 is 1.00 bits per heavy atom. The van der Waals surface area contributed by atoms with Crippen LogP contribution in [0.1, 0.15) is 12.0 Å². The monoisotopic (exact) mass is 423 g/mol. The third-order valence-electron chi connectivity index (χ3n) is 5.63. The van der Waals surface area contributed by atoms with Crippen molar-refractivity contribution >= 4 is 23.4 Å². The van der Waals surface area contributed by atoms with Gasteiger partial charge in [-0.05, 0) is 59.3 Å². The maximum absolute atomic E-state index is 6.27. The lowest BCUT2D eigenvalue weighted by atomic mass is 9.97. The molecule has 1 aliphatic rings. The molecule has 3 aromatic rings. The number of methoxy groups -OCH3 is 1. The second-order valence-electron chi connectivity index (χ2n) is 7.77. The normalized spacial score (nSPS) is 19.8. The number of fused-ring (bicyclic) bond motifs is 1. The van der Waals surface area contributed by atoms with Gasteiger partial charge in [0, 0.05) is 12.1 Å². The van der Waals surface area contributed by atoms with Crippen molar-refractivity contribution in [1.29, 1.82) is 0 Å². The molecule has 0 spiro atoms. The molecule has 1 unspecified atom stereocenters. The number of benzene rings is 3. The average Bonchev–Trinajstić information content (AvgIpc) is 2.78. The fourth-order valence-electron chi connectivity index (χ4n) is 3.94. The van der Waals surface area contributed by atoms with Crippen LogP contribution >= 0.6 is 12.6 Å². The highest BCUT2D eigenvalue weighted by atomic mass is 32.1. The zero-order valence-electron chi connectivity index (χ0n) is 17.6. The highest BCUT2D eigenvalue weighted by Crippen LogP contribution is 2.33. The summed E-state index contributed by atoms with van der Waals surface area (Å²) in [6.45, 7) is 2.93. The smallest absolute Gasteiger partial charge is 0.208 e. The van der Waals surface area contributed by atoms with E-state index in [9.17, 15) is 0 Å². The zero-order chi connectivity index (χ0) is 21.0. The first-order valence-electron chi connectivity index (χ1n) is 10.4. The fourth-order valence-corrected chi connectivity index (χ4v) is 4.07. The maximum atomic E-state index is 6.27. The van der Waals surface area contributed by atoms with E-state index in [1.165, 1.54) is 21.9 Å². The second-order valence-corrected chi connectivity index (χ2v) is 8.22. The van der Waals surface area contributed by atoms with Gasteiger partial charge in [-0.2, -0.15) is 12.6 Å². The Morgan fingerprint density at radius 3 is 2.47 bits per heavy atom. The van der Waals surface area contributed by atoms with Gasteiger partial charge in [0.1, 0.15) is 5.75 Å². The number of ether oxygens (including phenoxy) is 3. The van der Waals surface area contributed by atoms with E-state index in [2.05, 4.69) is 79.2 Å². The molecule has 1 heterocycles. The first-order chi connectivity index (χ1) is 14.6. The third kappa shape index (κ3) is 4.49. The second kappa shape index (κ2) is 9.40. The molecule has 0 radical (unpaired) electrons. The standard InChI is InChI=1S/C25H29NO3S/c1-26-12-14-29-25(18-26,28-13-3-15-30)23-9-6-19(7-10-23)20-4-5-22-17-24(27-2)11-8-21(22)16-20/h4-11,16-17,30H,3,12-15,18H2,1-2H3. The molecule has 30 heavy (non-hydrogen) atoms. The van der Waals surface area contributed by atoms with Crippen LogP contribution in [0.15, 0.2) is 60.7 Å². The first-order valence-corrected chi connectivity index (χ1v) is 11.0. The lowest BCUT2D eigenvalue weighted by Crippen LogP contribution is -2.50. The van der Waals surface area contributed by atoms with Crippen LogP contribution in [0.2, 0.25) is 0 Å². The van der Waals surface area contributed by atoms with Crippen molar-refractivity contribution in [1.82, 2.24) is 4.90 Å². The number of rotatable bonds is 7. The van der Waals surface area contributed by atoms with Crippen molar-refractivity contribution < 1.29 is 14.2 Å². The van der Waals surface area contributed by atoms with Gasteiger partial charge in [-0.1, -0.05) is 42.5 Å². The van der Waals surface area contributed by atoms with Crippen LogP contribution in [0.4, 0.5) is 0 Å². The maximum Gasteiger partial charge on any atom is 0.208 e. The van der Waals surface area contributed by atoms with E-state index in [0.29, 0.717) is 13.2 Å². The Bertz CT molecular complexity index is 991. The minimum Gasteiger partial charge on any atom is -0.497 e. The summed E-state index contributed by atoms with van der Waals surface area (Å²) in [7, 11) is 3.80. The molecule has 3 aromatic carbocycles. The quantitative estimate of drug-likeness (QED) is 0.430. The van der Waals surface area contributed by atoms with Crippen molar-refractivity contribution in [3.05, 3.63) is 66.2 Å². The van der Waals surface area contributed by atoms with Crippen LogP contribution in [0.3, 0.4) is 0 Å². The van der Waals surface area contributed by atoms with Gasteiger partial charge in [0.2, 0.25) is 5.79 Å². The molecule has 4 nitrogen and oxygen atoms in total. The molecule has 5 heteroatoms. The molecular formula is C25H29NO3S. The molecule has 0 aromatic heterocycles. The van der Waals surface area contributed by atoms with E-state index in [0.717, 1.165) is 36.6 Å². The zero-order valence-corrected chi connectivity index (χ0v) is 18.5. The fraction of sp³-hybridized carbons (Fsp3) is 0.360. The Hall–Kier alpha value is -2.05. The Balaban J connectivity index is 1.61. The number of morpholine rings is 1. The van der Waals surface area contributed by atoms with E-state index >= 15 is 0 Å². The highest BCUT2D eigenvalue weighted by Gasteiger charge is 2.38. The summed E-state index contributed by atoms with van der Waals surface area (Å²) in [5, 5.41) is 2.37. The number of hydrogen-bond acceptors (Lipinski definition) is 5. The molecule has 158 valence electrons. The Labute approximate surface area is 184 Å². The van der Waals surface area contributed by atoms with Crippen LogP contribution in [-0.2, 0) is 15.3 Å². The van der Waals surface area contributed by atoms with Gasteiger partial charge in [-0.15, -0.1) is 0 Å². The third-order valence-corrected chi connectivity index (χ3v) is 5.95. The van der Waals surface area contributed by atoms with Crippen LogP contribution < -0.4 is 4.74 Å². The predicted molar refractivity (Wildman–Crippen MR) is 125 cm³/mol. The largest absolute Gasteiger partial charge is 0.497 e. The van der Waals surface area contributed by atoms with Crippen LogP contribution in [0, 0.1) is 0 Å². The van der Waals surface area contributed by atoms with Crippen molar-refractivity contribution in [3.63, 3.8) is 0 Å². The van der Waals surface area contributed by atoms with Crippen LogP contribution in [0.25, 0.3) is 21.9 Å². The minimum atomic E-state index is -0.714. The van der Waals surface area contributed by atoms with Gasteiger partial charge in [-0.25, -0.2) is 0 Å². The SMILES string of the molecule is COc1ccc2cc(-c3ccc(C4(OCCCS)CN(C)CCO4)cc3)ccc2c1. The summed E-state index contributed by atoms with van der Waals surface area (Å²) in [6, 6.07) is 21.2. The molecule has 0 aliphatic carbocycles. The molecular weight excluding hydrogens is 394 g/mol. The van der Waals surface area contributed by atoms with E-state index in [-0.39, 0.29) is 0 Å². The molecule has 4 rings (SSSR count). The van der Waals surface area contributed by atoms with Gasteiger partial charge in [0.15, 0.2) is 0 Å². The molecule has 0 saturated carbocycles. The summed E-state index contributed by atoms with van der Waals surface area (Å²) in [5.74, 6) is 0.966. The van der Waals surface area contributed by atoms with Gasteiger partial charge in [0.05, 0.1) is 26.9 Å². The lowest BCUT2D eigenvalue weighted by molar-refractivity contribution is -0.274. The summed E-state index contributed by atoms with van der Waals surface area (Å²) in [6.07, 6.45) is 0.901. The van der Waals surface area contributed by atoms with E-state index in [1.807, 2.05) is 6.07 Å². The molecule has 1 fully saturated rings. The molecule has 1 aliphatic heterocycles. The van der Waals surface area contributed by atoms with Crippen molar-refractivity contribution in [2.45, 2.75) is 12.2 Å². The highest BCUT2D eigenvalue weighted by molar-refractivity contribution is 7.80. The molecule has 0 amide bonds.